The predicted octanol–water partition coefficient (Wildman–Crippen LogP) is -1.11. The van der Waals surface area contributed by atoms with Gasteiger partial charge in [-0.3, -0.25) is 9.52 Å². The number of anilines is 2. The number of nitrogens with zero attached hydrogens (tertiary/aromatic N) is 3. The summed E-state index contributed by atoms with van der Waals surface area (Å²) in [7, 11) is -2.41. The zero-order chi connectivity index (χ0) is 13.3. The summed E-state index contributed by atoms with van der Waals surface area (Å²) in [6, 6.07) is 2.39. The van der Waals surface area contributed by atoms with Gasteiger partial charge < -0.3 is 10.3 Å². The normalized spacial score (nSPS) is 11.4. The van der Waals surface area contributed by atoms with Crippen LogP contribution in [0.2, 0.25) is 0 Å². The average Bonchev–Trinajstić information content (AvgIpc) is 2.62. The van der Waals surface area contributed by atoms with E-state index in [1.807, 2.05) is 0 Å². The fourth-order valence-corrected chi connectivity index (χ4v) is 2.59. The largest absolute Gasteiger partial charge is 0.381 e. The minimum Gasteiger partial charge on any atom is -0.381 e. The van der Waals surface area contributed by atoms with Gasteiger partial charge in [0.25, 0.3) is 15.6 Å². The summed E-state index contributed by atoms with van der Waals surface area (Å²) < 4.78 is 27.5. The molecule has 0 aliphatic carbocycles. The first-order valence-electron chi connectivity index (χ1n) is 4.75. The van der Waals surface area contributed by atoms with Crippen LogP contribution < -0.4 is 16.0 Å². The molecule has 10 heteroatoms. The smallest absolute Gasteiger partial charge is 0.282 e. The maximum absolute atomic E-state index is 12.0. The third kappa shape index (κ3) is 2.18. The van der Waals surface area contributed by atoms with Gasteiger partial charge in [-0.2, -0.15) is 13.5 Å². The minimum atomic E-state index is -3.90. The van der Waals surface area contributed by atoms with E-state index in [0.29, 0.717) is 0 Å². The minimum absolute atomic E-state index is 0.0183. The fourth-order valence-electron chi connectivity index (χ4n) is 1.35. The molecule has 96 valence electrons. The van der Waals surface area contributed by atoms with Gasteiger partial charge >= 0.3 is 0 Å². The number of sulfonamides is 1. The van der Waals surface area contributed by atoms with Crippen molar-refractivity contribution in [2.24, 2.45) is 7.05 Å². The Bertz CT molecular complexity index is 692. The number of nitrogens with one attached hydrogen (secondary N) is 2. The van der Waals surface area contributed by atoms with E-state index in [9.17, 15) is 13.2 Å². The van der Waals surface area contributed by atoms with E-state index in [2.05, 4.69) is 19.9 Å². The van der Waals surface area contributed by atoms with E-state index in [1.54, 1.807) is 0 Å². The Morgan fingerprint density at radius 3 is 2.67 bits per heavy atom. The first-order valence-corrected chi connectivity index (χ1v) is 6.24. The molecular formula is C8H10N6O3S. The number of hydrogen-bond acceptors (Lipinski definition) is 6. The quantitative estimate of drug-likeness (QED) is 0.646. The third-order valence-corrected chi connectivity index (χ3v) is 3.57. The van der Waals surface area contributed by atoms with Crippen LogP contribution in [-0.2, 0) is 17.1 Å². The highest BCUT2D eigenvalue weighted by Gasteiger charge is 2.22. The molecule has 0 spiro atoms. The number of imidazole rings is 1. The first kappa shape index (κ1) is 12.1. The Hall–Kier alpha value is -2.36. The molecular weight excluding hydrogens is 260 g/mol. The van der Waals surface area contributed by atoms with Gasteiger partial charge in [-0.05, 0) is 6.07 Å². The summed E-state index contributed by atoms with van der Waals surface area (Å²) in [5.74, 6) is -0.135. The van der Waals surface area contributed by atoms with E-state index in [-0.39, 0.29) is 16.7 Å². The number of hydrogen-bond donors (Lipinski definition) is 3. The maximum Gasteiger partial charge on any atom is 0.282 e. The van der Waals surface area contributed by atoms with Gasteiger partial charge in [0.2, 0.25) is 0 Å². The number of aromatic amines is 1. The molecule has 0 amide bonds. The molecule has 0 radical (unpaired) electrons. The summed E-state index contributed by atoms with van der Waals surface area (Å²) in [4.78, 5) is 14.5. The summed E-state index contributed by atoms with van der Waals surface area (Å²) >= 11 is 0. The fraction of sp³-hybridized carbons (Fsp3) is 0.125. The molecule has 9 nitrogen and oxygen atoms in total. The topological polar surface area (TPSA) is 136 Å². The molecule has 0 fully saturated rings. The average molecular weight is 270 g/mol. The van der Waals surface area contributed by atoms with Crippen molar-refractivity contribution in [2.45, 2.75) is 5.03 Å². The van der Waals surface area contributed by atoms with Crippen LogP contribution in [0, 0.1) is 0 Å². The second-order valence-corrected chi connectivity index (χ2v) is 5.06. The molecule has 18 heavy (non-hydrogen) atoms. The van der Waals surface area contributed by atoms with Gasteiger partial charge in [0.15, 0.2) is 16.7 Å². The molecule has 2 rings (SSSR count). The molecule has 0 unspecified atom stereocenters. The Morgan fingerprint density at radius 1 is 1.44 bits per heavy atom. The predicted molar refractivity (Wildman–Crippen MR) is 63.3 cm³/mol. The van der Waals surface area contributed by atoms with E-state index in [1.165, 1.54) is 24.0 Å². The zero-order valence-corrected chi connectivity index (χ0v) is 10.1. The van der Waals surface area contributed by atoms with Crippen molar-refractivity contribution in [1.29, 1.82) is 0 Å². The van der Waals surface area contributed by atoms with Gasteiger partial charge in [-0.15, -0.1) is 0 Å². The molecule has 0 saturated heterocycles. The van der Waals surface area contributed by atoms with Crippen LogP contribution in [0.1, 0.15) is 0 Å². The molecule has 2 aromatic heterocycles. The number of nitrogens with two attached hydrogens (primary N) is 1. The van der Waals surface area contributed by atoms with Crippen LogP contribution in [-0.4, -0.2) is 28.2 Å². The number of rotatable bonds is 3. The Labute approximate surface area is 102 Å². The van der Waals surface area contributed by atoms with Crippen molar-refractivity contribution in [3.63, 3.8) is 0 Å². The maximum atomic E-state index is 12.0. The Balaban J connectivity index is 2.39. The van der Waals surface area contributed by atoms with E-state index in [0.717, 1.165) is 6.07 Å². The highest BCUT2D eigenvalue weighted by atomic mass is 32.2. The van der Waals surface area contributed by atoms with Gasteiger partial charge in [0.1, 0.15) is 0 Å². The van der Waals surface area contributed by atoms with Crippen LogP contribution in [0.3, 0.4) is 0 Å². The van der Waals surface area contributed by atoms with Crippen molar-refractivity contribution in [3.05, 3.63) is 28.8 Å². The van der Waals surface area contributed by atoms with Crippen molar-refractivity contribution < 1.29 is 8.42 Å². The summed E-state index contributed by atoms with van der Waals surface area (Å²) in [6.45, 7) is 0. The highest BCUT2D eigenvalue weighted by molar-refractivity contribution is 7.92. The SMILES string of the molecule is Cn1cnc(N)c1S(=O)(=O)Nc1ccc(=O)[nH]n1. The van der Waals surface area contributed by atoms with Gasteiger partial charge in [0.05, 0.1) is 6.33 Å². The molecule has 0 aliphatic rings. The monoisotopic (exact) mass is 270 g/mol. The Morgan fingerprint density at radius 2 is 2.17 bits per heavy atom. The number of nitrogen functional groups attached to an aromatic ring is 1. The molecule has 2 heterocycles. The van der Waals surface area contributed by atoms with E-state index >= 15 is 0 Å². The van der Waals surface area contributed by atoms with Crippen LogP contribution in [0.25, 0.3) is 0 Å². The van der Waals surface area contributed by atoms with Gasteiger partial charge in [-0.25, -0.2) is 10.1 Å². The van der Waals surface area contributed by atoms with Crippen molar-refractivity contribution in [1.82, 2.24) is 19.7 Å². The van der Waals surface area contributed by atoms with Gasteiger partial charge in [-0.1, -0.05) is 0 Å². The van der Waals surface area contributed by atoms with Crippen LogP contribution in [0.15, 0.2) is 28.3 Å². The van der Waals surface area contributed by atoms with Crippen molar-refractivity contribution in [3.8, 4) is 0 Å². The number of H-pyrrole nitrogens is 1. The van der Waals surface area contributed by atoms with Crippen LogP contribution >= 0.6 is 0 Å². The van der Waals surface area contributed by atoms with E-state index in [4.69, 9.17) is 5.73 Å². The lowest BCUT2D eigenvalue weighted by Gasteiger charge is -2.07. The molecule has 0 atom stereocenters. The summed E-state index contributed by atoms with van der Waals surface area (Å²) in [5, 5.41) is 5.47. The Kier molecular flexibility index (Phi) is 2.79. The first-order chi connectivity index (χ1) is 8.40. The summed E-state index contributed by atoms with van der Waals surface area (Å²) in [5.41, 5.74) is 5.04. The third-order valence-electron chi connectivity index (χ3n) is 2.08. The van der Waals surface area contributed by atoms with E-state index < -0.39 is 15.6 Å². The van der Waals surface area contributed by atoms with Gasteiger partial charge in [0, 0.05) is 13.1 Å². The number of aryl methyl sites for hydroxylation is 1. The highest BCUT2D eigenvalue weighted by Crippen LogP contribution is 2.17. The molecule has 0 aliphatic heterocycles. The molecule has 0 saturated carbocycles. The molecule has 2 aromatic rings. The second kappa shape index (κ2) is 4.14. The molecule has 4 N–H and O–H groups in total. The van der Waals surface area contributed by atoms with Crippen LogP contribution in [0.4, 0.5) is 11.6 Å². The molecule has 0 bridgehead atoms. The number of aromatic nitrogens is 4. The van der Waals surface area contributed by atoms with Crippen molar-refractivity contribution >= 4 is 21.7 Å². The lowest BCUT2D eigenvalue weighted by atomic mass is 10.5. The second-order valence-electron chi connectivity index (χ2n) is 3.46. The summed E-state index contributed by atoms with van der Waals surface area (Å²) in [6.07, 6.45) is 1.28. The van der Waals surface area contributed by atoms with Crippen LogP contribution in [0.5, 0.6) is 0 Å². The zero-order valence-electron chi connectivity index (χ0n) is 9.28. The van der Waals surface area contributed by atoms with Crippen molar-refractivity contribution in [2.75, 3.05) is 10.5 Å². The lowest BCUT2D eigenvalue weighted by Crippen LogP contribution is -2.19. The lowest BCUT2D eigenvalue weighted by molar-refractivity contribution is 0.591. The molecule has 0 aromatic carbocycles. The standard InChI is InChI=1S/C8H10N6O3S/c1-14-4-10-7(9)8(14)18(16,17)13-5-2-3-6(15)12-11-5/h2-4H,9H2,1H3,(H,11,13)(H,12,15).